The Hall–Kier alpha value is -2.11. The van der Waals surface area contributed by atoms with E-state index < -0.39 is 17.3 Å². The molecule has 1 aliphatic heterocycles. The summed E-state index contributed by atoms with van der Waals surface area (Å²) in [4.78, 5) is 24.7. The van der Waals surface area contributed by atoms with E-state index in [1.54, 1.807) is 4.90 Å². The number of benzene rings is 1. The second kappa shape index (κ2) is 5.48. The fraction of sp³-hybridized carbons (Fsp3) is 0.429. The summed E-state index contributed by atoms with van der Waals surface area (Å²) in [5.41, 5.74) is -0.175. The average Bonchev–Trinajstić information content (AvgIpc) is 2.70. The molecule has 1 aromatic carbocycles. The molecule has 1 fully saturated rings. The van der Waals surface area contributed by atoms with Crippen LogP contribution in [0, 0.1) is 11.7 Å². The van der Waals surface area contributed by atoms with Gasteiger partial charge < -0.3 is 15.3 Å². The van der Waals surface area contributed by atoms with Crippen LogP contribution in [0.2, 0.25) is 0 Å². The van der Waals surface area contributed by atoms with E-state index in [0.717, 1.165) is 18.6 Å². The quantitative estimate of drug-likeness (QED) is 0.875. The van der Waals surface area contributed by atoms with Crippen molar-refractivity contribution >= 4 is 17.7 Å². The van der Waals surface area contributed by atoms with Crippen molar-refractivity contribution in [2.75, 3.05) is 11.9 Å². The first-order valence-electron chi connectivity index (χ1n) is 6.49. The van der Waals surface area contributed by atoms with E-state index in [1.165, 1.54) is 6.07 Å². The van der Waals surface area contributed by atoms with Crippen LogP contribution in [0.5, 0.6) is 0 Å². The van der Waals surface area contributed by atoms with Crippen LogP contribution in [0.3, 0.4) is 0 Å². The maximum Gasteiger partial charge on any atom is 0.338 e. The molecule has 2 unspecified atom stereocenters. The molecule has 0 radical (unpaired) electrons. The minimum Gasteiger partial charge on any atom is -0.478 e. The van der Waals surface area contributed by atoms with Gasteiger partial charge in [-0.3, -0.25) is 0 Å². The number of carbonyl (C=O) groups is 2. The molecule has 5 nitrogen and oxygen atoms in total. The summed E-state index contributed by atoms with van der Waals surface area (Å²) in [6.07, 6.45) is 0.942. The van der Waals surface area contributed by atoms with Gasteiger partial charge in [0.2, 0.25) is 0 Å². The van der Waals surface area contributed by atoms with Crippen LogP contribution >= 0.6 is 0 Å². The Morgan fingerprint density at radius 1 is 1.40 bits per heavy atom. The number of likely N-dealkylation sites (tertiary alicyclic amines) is 1. The number of hydrogen-bond acceptors (Lipinski definition) is 2. The second-order valence-electron chi connectivity index (χ2n) is 5.27. The van der Waals surface area contributed by atoms with Gasteiger partial charge in [-0.05, 0) is 37.5 Å². The first-order valence-corrected chi connectivity index (χ1v) is 6.49. The molecule has 2 N–H and O–H groups in total. The number of carboxylic acids is 1. The number of rotatable bonds is 2. The SMILES string of the molecule is CC1CC(C)N(C(=O)Nc2ccc(F)c(C(=O)O)c2)C1. The summed E-state index contributed by atoms with van der Waals surface area (Å²) >= 11 is 0. The van der Waals surface area contributed by atoms with Crippen LogP contribution in [0.15, 0.2) is 18.2 Å². The molecule has 0 aliphatic carbocycles. The van der Waals surface area contributed by atoms with Crippen LogP contribution in [0.1, 0.15) is 30.6 Å². The summed E-state index contributed by atoms with van der Waals surface area (Å²) in [5.74, 6) is -1.74. The molecular weight excluding hydrogens is 263 g/mol. The van der Waals surface area contributed by atoms with Crippen molar-refractivity contribution in [3.63, 3.8) is 0 Å². The third-order valence-corrected chi connectivity index (χ3v) is 3.49. The maximum atomic E-state index is 13.3. The zero-order valence-corrected chi connectivity index (χ0v) is 11.4. The van der Waals surface area contributed by atoms with Gasteiger partial charge in [0.15, 0.2) is 0 Å². The Labute approximate surface area is 116 Å². The standard InChI is InChI=1S/C14H17FN2O3/c1-8-5-9(2)17(7-8)14(20)16-10-3-4-12(15)11(6-10)13(18)19/h3-4,6,8-9H,5,7H2,1-2H3,(H,16,20)(H,18,19). The second-order valence-corrected chi connectivity index (χ2v) is 5.27. The molecule has 108 valence electrons. The lowest BCUT2D eigenvalue weighted by Crippen LogP contribution is -2.37. The van der Waals surface area contributed by atoms with E-state index in [2.05, 4.69) is 12.2 Å². The number of nitrogens with one attached hydrogen (secondary N) is 1. The molecule has 1 aliphatic rings. The molecule has 2 atom stereocenters. The minimum atomic E-state index is -1.36. The zero-order chi connectivity index (χ0) is 14.9. The molecule has 0 saturated carbocycles. The Morgan fingerprint density at radius 3 is 2.65 bits per heavy atom. The summed E-state index contributed by atoms with van der Waals surface area (Å²) in [7, 11) is 0. The van der Waals surface area contributed by atoms with Gasteiger partial charge in [-0.25, -0.2) is 14.0 Å². The lowest BCUT2D eigenvalue weighted by atomic mass is 10.1. The van der Waals surface area contributed by atoms with Crippen LogP contribution in [-0.2, 0) is 0 Å². The van der Waals surface area contributed by atoms with Crippen LogP contribution in [0.4, 0.5) is 14.9 Å². The predicted molar refractivity (Wildman–Crippen MR) is 72.3 cm³/mol. The Kier molecular flexibility index (Phi) is 3.92. The van der Waals surface area contributed by atoms with E-state index in [-0.39, 0.29) is 17.8 Å². The fourth-order valence-electron chi connectivity index (χ4n) is 2.55. The maximum absolute atomic E-state index is 13.3. The Morgan fingerprint density at radius 2 is 2.10 bits per heavy atom. The van der Waals surface area contributed by atoms with Crippen LogP contribution in [-0.4, -0.2) is 34.6 Å². The molecular formula is C14H17FN2O3. The van der Waals surface area contributed by atoms with Crippen molar-refractivity contribution < 1.29 is 19.1 Å². The van der Waals surface area contributed by atoms with Crippen molar-refractivity contribution in [2.45, 2.75) is 26.3 Å². The van der Waals surface area contributed by atoms with Crippen molar-refractivity contribution in [3.05, 3.63) is 29.6 Å². The van der Waals surface area contributed by atoms with Crippen LogP contribution in [0.25, 0.3) is 0 Å². The summed E-state index contributed by atoms with van der Waals surface area (Å²) in [6, 6.07) is 3.37. The summed E-state index contributed by atoms with van der Waals surface area (Å²) < 4.78 is 13.3. The number of carboxylic acid groups (broad SMARTS) is 1. The number of hydrogen-bond donors (Lipinski definition) is 2. The highest BCUT2D eigenvalue weighted by Gasteiger charge is 2.30. The molecule has 0 aromatic heterocycles. The first kappa shape index (κ1) is 14.3. The monoisotopic (exact) mass is 280 g/mol. The van der Waals surface area contributed by atoms with Crippen molar-refractivity contribution in [2.24, 2.45) is 5.92 Å². The largest absolute Gasteiger partial charge is 0.478 e. The minimum absolute atomic E-state index is 0.143. The lowest BCUT2D eigenvalue weighted by molar-refractivity contribution is 0.0692. The summed E-state index contributed by atoms with van der Waals surface area (Å²) in [5, 5.41) is 11.5. The van der Waals surface area contributed by atoms with E-state index in [0.29, 0.717) is 12.5 Å². The van der Waals surface area contributed by atoms with Gasteiger partial charge in [0.05, 0.1) is 5.56 Å². The number of anilines is 1. The topological polar surface area (TPSA) is 69.6 Å². The van der Waals surface area contributed by atoms with Gasteiger partial charge >= 0.3 is 12.0 Å². The number of nitrogens with zero attached hydrogens (tertiary/aromatic N) is 1. The normalized spacial score (nSPS) is 21.9. The molecule has 0 spiro atoms. The van der Waals surface area contributed by atoms with Gasteiger partial charge in [-0.2, -0.15) is 0 Å². The van der Waals surface area contributed by atoms with E-state index in [1.807, 2.05) is 6.92 Å². The molecule has 20 heavy (non-hydrogen) atoms. The van der Waals surface area contributed by atoms with Crippen molar-refractivity contribution in [1.82, 2.24) is 4.90 Å². The predicted octanol–water partition coefficient (Wildman–Crippen LogP) is 2.79. The molecule has 1 heterocycles. The van der Waals surface area contributed by atoms with Gasteiger partial charge in [0, 0.05) is 18.3 Å². The van der Waals surface area contributed by atoms with E-state index in [9.17, 15) is 14.0 Å². The molecule has 1 aromatic rings. The average molecular weight is 280 g/mol. The number of urea groups is 1. The Balaban J connectivity index is 2.12. The number of aromatic carboxylic acids is 1. The molecule has 0 bridgehead atoms. The van der Waals surface area contributed by atoms with Crippen molar-refractivity contribution in [1.29, 1.82) is 0 Å². The molecule has 1 saturated heterocycles. The van der Waals surface area contributed by atoms with Gasteiger partial charge in [-0.15, -0.1) is 0 Å². The molecule has 2 amide bonds. The van der Waals surface area contributed by atoms with Gasteiger partial charge in [0.25, 0.3) is 0 Å². The van der Waals surface area contributed by atoms with Crippen molar-refractivity contribution in [3.8, 4) is 0 Å². The highest BCUT2D eigenvalue weighted by atomic mass is 19.1. The zero-order valence-electron chi connectivity index (χ0n) is 11.4. The number of halogens is 1. The first-order chi connectivity index (χ1) is 9.38. The van der Waals surface area contributed by atoms with Gasteiger partial charge in [0.1, 0.15) is 5.82 Å². The van der Waals surface area contributed by atoms with E-state index in [4.69, 9.17) is 5.11 Å². The fourth-order valence-corrected chi connectivity index (χ4v) is 2.55. The third kappa shape index (κ3) is 2.89. The number of amides is 2. The van der Waals surface area contributed by atoms with Gasteiger partial charge in [-0.1, -0.05) is 6.92 Å². The summed E-state index contributed by atoms with van der Waals surface area (Å²) in [6.45, 7) is 4.71. The Bertz CT molecular complexity index is 547. The van der Waals surface area contributed by atoms with E-state index >= 15 is 0 Å². The lowest BCUT2D eigenvalue weighted by Gasteiger charge is -2.22. The smallest absolute Gasteiger partial charge is 0.338 e. The molecule has 6 heteroatoms. The van der Waals surface area contributed by atoms with Crippen LogP contribution < -0.4 is 5.32 Å². The highest BCUT2D eigenvalue weighted by molar-refractivity contribution is 5.93. The number of carbonyl (C=O) groups excluding carboxylic acids is 1. The third-order valence-electron chi connectivity index (χ3n) is 3.49. The highest BCUT2D eigenvalue weighted by Crippen LogP contribution is 2.23. The molecule has 2 rings (SSSR count).